The molecule has 1 saturated carbocycles. The number of carbonyl (C=O) groups excluding carboxylic acids is 1. The zero-order valence-corrected chi connectivity index (χ0v) is 13.1. The van der Waals surface area contributed by atoms with E-state index in [2.05, 4.69) is 5.32 Å². The van der Waals surface area contributed by atoms with Crippen molar-refractivity contribution in [2.45, 2.75) is 45.1 Å². The Morgan fingerprint density at radius 2 is 1.85 bits per heavy atom. The summed E-state index contributed by atoms with van der Waals surface area (Å²) in [7, 11) is 0. The Morgan fingerprint density at radius 1 is 1.25 bits per heavy atom. The highest BCUT2D eigenvalue weighted by atomic mass is 35.5. The third kappa shape index (κ3) is 3.80. The molecular weight excluding hydrogens is 297 g/mol. The van der Waals surface area contributed by atoms with Crippen molar-refractivity contribution >= 4 is 29.1 Å². The number of ether oxygens (including phenoxy) is 1. The lowest BCUT2D eigenvalue weighted by Crippen LogP contribution is -2.36. The van der Waals surface area contributed by atoms with Gasteiger partial charge in [0.1, 0.15) is 0 Å². The molecule has 0 heterocycles. The molecule has 0 radical (unpaired) electrons. The second kappa shape index (κ2) is 7.19. The van der Waals surface area contributed by atoms with Crippen LogP contribution in [0.25, 0.3) is 0 Å². The van der Waals surface area contributed by atoms with Crippen molar-refractivity contribution in [3.05, 3.63) is 27.7 Å². The van der Waals surface area contributed by atoms with E-state index in [4.69, 9.17) is 27.9 Å². The largest absolute Gasteiger partial charge is 0.491 e. The van der Waals surface area contributed by atoms with Crippen molar-refractivity contribution in [2.24, 2.45) is 0 Å². The molecule has 1 aliphatic rings. The maximum absolute atomic E-state index is 12.2. The van der Waals surface area contributed by atoms with E-state index >= 15 is 0 Å². The van der Waals surface area contributed by atoms with Gasteiger partial charge in [0.2, 0.25) is 0 Å². The van der Waals surface area contributed by atoms with Crippen molar-refractivity contribution in [3.8, 4) is 5.75 Å². The Bertz CT molecular complexity index is 462. The van der Waals surface area contributed by atoms with Crippen LogP contribution in [0.5, 0.6) is 5.75 Å². The summed E-state index contributed by atoms with van der Waals surface area (Å²) in [5.74, 6) is 0.314. The molecule has 0 aromatic heterocycles. The first-order chi connectivity index (χ1) is 9.61. The lowest BCUT2D eigenvalue weighted by atomic mass is 9.95. The van der Waals surface area contributed by atoms with Crippen LogP contribution in [0.4, 0.5) is 0 Å². The van der Waals surface area contributed by atoms with Crippen LogP contribution in [0, 0.1) is 0 Å². The van der Waals surface area contributed by atoms with Crippen LogP contribution in [0.15, 0.2) is 12.1 Å². The molecule has 0 atom stereocenters. The average Bonchev–Trinajstić information content (AvgIpc) is 2.43. The predicted octanol–water partition coefficient (Wildman–Crippen LogP) is 4.45. The number of benzene rings is 1. The van der Waals surface area contributed by atoms with Gasteiger partial charge in [-0.3, -0.25) is 4.79 Å². The second-order valence-corrected chi connectivity index (χ2v) is 5.82. The van der Waals surface area contributed by atoms with Crippen LogP contribution < -0.4 is 10.1 Å². The molecule has 2 rings (SSSR count). The standard InChI is InChI=1S/C15H19Cl2NO2/c1-2-20-14-12(16)8-10(9-13(14)17)15(19)18-11-6-4-3-5-7-11/h8-9,11H,2-7H2,1H3,(H,18,19). The van der Waals surface area contributed by atoms with Crippen LogP contribution in [-0.4, -0.2) is 18.6 Å². The fraction of sp³-hybridized carbons (Fsp3) is 0.533. The molecule has 110 valence electrons. The topological polar surface area (TPSA) is 38.3 Å². The van der Waals surface area contributed by atoms with Gasteiger partial charge in [0.05, 0.1) is 16.7 Å². The van der Waals surface area contributed by atoms with E-state index < -0.39 is 0 Å². The van der Waals surface area contributed by atoms with E-state index in [1.165, 1.54) is 19.3 Å². The first kappa shape index (κ1) is 15.5. The third-order valence-electron chi connectivity index (χ3n) is 3.49. The maximum atomic E-state index is 12.2. The molecule has 0 bridgehead atoms. The Morgan fingerprint density at radius 3 is 2.40 bits per heavy atom. The first-order valence-electron chi connectivity index (χ1n) is 7.04. The summed E-state index contributed by atoms with van der Waals surface area (Å²) in [6.07, 6.45) is 5.70. The van der Waals surface area contributed by atoms with Crippen LogP contribution >= 0.6 is 23.2 Å². The minimum absolute atomic E-state index is 0.122. The lowest BCUT2D eigenvalue weighted by Gasteiger charge is -2.23. The lowest BCUT2D eigenvalue weighted by molar-refractivity contribution is 0.0927. The molecule has 0 unspecified atom stereocenters. The van der Waals surface area contributed by atoms with Crippen LogP contribution in [0.2, 0.25) is 10.0 Å². The predicted molar refractivity (Wildman–Crippen MR) is 82.0 cm³/mol. The summed E-state index contributed by atoms with van der Waals surface area (Å²) in [5.41, 5.74) is 0.481. The molecule has 0 spiro atoms. The van der Waals surface area contributed by atoms with Gasteiger partial charge in [0.15, 0.2) is 5.75 Å². The highest BCUT2D eigenvalue weighted by Gasteiger charge is 2.18. The fourth-order valence-electron chi connectivity index (χ4n) is 2.49. The maximum Gasteiger partial charge on any atom is 0.251 e. The van der Waals surface area contributed by atoms with E-state index in [1.54, 1.807) is 12.1 Å². The van der Waals surface area contributed by atoms with Crippen LogP contribution in [0.3, 0.4) is 0 Å². The van der Waals surface area contributed by atoms with E-state index in [-0.39, 0.29) is 11.9 Å². The van der Waals surface area contributed by atoms with Gasteiger partial charge in [0, 0.05) is 11.6 Å². The van der Waals surface area contributed by atoms with Gasteiger partial charge < -0.3 is 10.1 Å². The van der Waals surface area contributed by atoms with Gasteiger partial charge in [-0.25, -0.2) is 0 Å². The molecule has 1 N–H and O–H groups in total. The number of hydrogen-bond acceptors (Lipinski definition) is 2. The molecule has 5 heteroatoms. The van der Waals surface area contributed by atoms with E-state index in [1.807, 2.05) is 6.92 Å². The van der Waals surface area contributed by atoms with Gasteiger partial charge in [-0.2, -0.15) is 0 Å². The molecule has 3 nitrogen and oxygen atoms in total. The number of amides is 1. The van der Waals surface area contributed by atoms with Crippen molar-refractivity contribution in [1.29, 1.82) is 0 Å². The van der Waals surface area contributed by atoms with Crippen molar-refractivity contribution < 1.29 is 9.53 Å². The highest BCUT2D eigenvalue weighted by Crippen LogP contribution is 2.34. The summed E-state index contributed by atoms with van der Waals surface area (Å²) in [6.45, 7) is 2.34. The van der Waals surface area contributed by atoms with E-state index in [0.717, 1.165) is 12.8 Å². The zero-order chi connectivity index (χ0) is 14.5. The summed E-state index contributed by atoms with van der Waals surface area (Å²) in [4.78, 5) is 12.2. The summed E-state index contributed by atoms with van der Waals surface area (Å²) in [6, 6.07) is 3.48. The molecular formula is C15H19Cl2NO2. The SMILES string of the molecule is CCOc1c(Cl)cc(C(=O)NC2CCCCC2)cc1Cl. The smallest absolute Gasteiger partial charge is 0.251 e. The van der Waals surface area contributed by atoms with Crippen molar-refractivity contribution in [1.82, 2.24) is 5.32 Å². The Hall–Kier alpha value is -0.930. The Labute approximate surface area is 129 Å². The molecule has 1 aliphatic carbocycles. The first-order valence-corrected chi connectivity index (χ1v) is 7.80. The quantitative estimate of drug-likeness (QED) is 0.891. The van der Waals surface area contributed by atoms with Gasteiger partial charge in [-0.1, -0.05) is 42.5 Å². The van der Waals surface area contributed by atoms with Gasteiger partial charge in [-0.05, 0) is 31.9 Å². The number of hydrogen-bond donors (Lipinski definition) is 1. The minimum Gasteiger partial charge on any atom is -0.491 e. The minimum atomic E-state index is -0.122. The molecule has 0 aliphatic heterocycles. The molecule has 20 heavy (non-hydrogen) atoms. The zero-order valence-electron chi connectivity index (χ0n) is 11.5. The van der Waals surface area contributed by atoms with Gasteiger partial charge >= 0.3 is 0 Å². The van der Waals surface area contributed by atoms with Gasteiger partial charge in [-0.15, -0.1) is 0 Å². The Kier molecular flexibility index (Phi) is 5.55. The molecule has 1 aromatic carbocycles. The monoisotopic (exact) mass is 315 g/mol. The number of halogens is 2. The average molecular weight is 316 g/mol. The van der Waals surface area contributed by atoms with E-state index in [9.17, 15) is 4.79 Å². The van der Waals surface area contributed by atoms with Crippen molar-refractivity contribution in [2.75, 3.05) is 6.61 Å². The second-order valence-electron chi connectivity index (χ2n) is 5.01. The highest BCUT2D eigenvalue weighted by molar-refractivity contribution is 6.37. The third-order valence-corrected chi connectivity index (χ3v) is 4.05. The number of carbonyl (C=O) groups is 1. The number of nitrogens with one attached hydrogen (secondary N) is 1. The Balaban J connectivity index is 2.09. The number of rotatable bonds is 4. The van der Waals surface area contributed by atoms with E-state index in [0.29, 0.717) is 28.0 Å². The molecule has 1 amide bonds. The van der Waals surface area contributed by atoms with Crippen molar-refractivity contribution in [3.63, 3.8) is 0 Å². The summed E-state index contributed by atoms with van der Waals surface area (Å²) >= 11 is 12.2. The fourth-order valence-corrected chi connectivity index (χ4v) is 3.09. The normalized spacial score (nSPS) is 15.9. The van der Waals surface area contributed by atoms with Crippen LogP contribution in [0.1, 0.15) is 49.4 Å². The van der Waals surface area contributed by atoms with Crippen LogP contribution in [-0.2, 0) is 0 Å². The summed E-state index contributed by atoms with van der Waals surface area (Å²) < 4.78 is 5.36. The summed E-state index contributed by atoms with van der Waals surface area (Å²) in [5, 5.41) is 3.78. The molecule has 1 aromatic rings. The molecule has 0 saturated heterocycles. The van der Waals surface area contributed by atoms with Gasteiger partial charge in [0.25, 0.3) is 5.91 Å². The molecule has 1 fully saturated rings.